The predicted molar refractivity (Wildman–Crippen MR) is 113 cm³/mol. The first-order chi connectivity index (χ1) is 11.6. The maximum absolute atomic E-state index is 2.71. The maximum atomic E-state index is 2.71. The van der Waals surface area contributed by atoms with Crippen LogP contribution in [0.3, 0.4) is 0 Å². The normalized spacial score (nSPS) is 50.5. The largest absolute Gasteiger partial charge is 0.0992 e. The van der Waals surface area contributed by atoms with Gasteiger partial charge in [-0.1, -0.05) is 62.8 Å². The van der Waals surface area contributed by atoms with Gasteiger partial charge in [0.15, 0.2) is 0 Å². The highest BCUT2D eigenvalue weighted by Crippen LogP contribution is 2.79. The zero-order chi connectivity index (χ0) is 18.3. The molecule has 1 heteroatoms. The molecule has 0 aliphatic heterocycles. The van der Waals surface area contributed by atoms with Crippen LogP contribution < -0.4 is 0 Å². The molecule has 4 aliphatic rings. The summed E-state index contributed by atoms with van der Waals surface area (Å²) < 4.78 is 0. The van der Waals surface area contributed by atoms with Crippen molar-refractivity contribution >= 4 is 7.92 Å². The monoisotopic (exact) mass is 362 g/mol. The predicted octanol–water partition coefficient (Wildman–Crippen LogP) is 7.70. The van der Waals surface area contributed by atoms with Crippen molar-refractivity contribution in [3.63, 3.8) is 0 Å². The number of fused-ring (bicyclic) bond motifs is 4. The summed E-state index contributed by atoms with van der Waals surface area (Å²) in [5.74, 6) is 2.04. The quantitative estimate of drug-likeness (QED) is 0.440. The van der Waals surface area contributed by atoms with E-state index in [1.165, 1.54) is 38.5 Å². The molecule has 144 valence electrons. The van der Waals surface area contributed by atoms with Crippen molar-refractivity contribution in [3.05, 3.63) is 0 Å². The van der Waals surface area contributed by atoms with E-state index in [2.05, 4.69) is 48.5 Å². The minimum Gasteiger partial charge on any atom is -0.0992 e. The Labute approximate surface area is 159 Å². The Morgan fingerprint density at radius 3 is 1.48 bits per heavy atom. The molecular weight excluding hydrogens is 319 g/mol. The lowest BCUT2D eigenvalue weighted by Crippen LogP contribution is -2.41. The van der Waals surface area contributed by atoms with Gasteiger partial charge in [0, 0.05) is 0 Å². The second-order valence-corrected chi connectivity index (χ2v) is 14.6. The number of rotatable bonds is 5. The minimum atomic E-state index is 0.188. The summed E-state index contributed by atoms with van der Waals surface area (Å²) in [6.07, 6.45) is 13.7. The molecular formula is C24H43P. The fourth-order valence-corrected chi connectivity index (χ4v) is 13.4. The molecule has 25 heavy (non-hydrogen) atoms. The van der Waals surface area contributed by atoms with E-state index >= 15 is 0 Å². The van der Waals surface area contributed by atoms with E-state index in [1.807, 2.05) is 0 Å². The van der Waals surface area contributed by atoms with Gasteiger partial charge in [0.25, 0.3) is 0 Å². The number of hydrogen-bond acceptors (Lipinski definition) is 0. The van der Waals surface area contributed by atoms with Crippen LogP contribution in [-0.2, 0) is 0 Å². The molecule has 4 bridgehead atoms. The molecule has 0 nitrogen and oxygen atoms in total. The van der Waals surface area contributed by atoms with Crippen LogP contribution in [0.1, 0.15) is 99.8 Å². The average Bonchev–Trinajstić information content (AvgIpc) is 3.06. The van der Waals surface area contributed by atoms with E-state index < -0.39 is 0 Å². The standard InChI is InChI=1S/C24H43P/c1-8-9-14-25(19-15-17-10-12-23(19,6)21(17,2)3)20-16-18-11-13-24(20,7)22(18,4)5/h17-20H,8-16H2,1-7H3. The maximum Gasteiger partial charge on any atom is -0.0144 e. The van der Waals surface area contributed by atoms with Crippen molar-refractivity contribution in [1.82, 2.24) is 0 Å². The lowest BCUT2D eigenvalue weighted by Gasteiger charge is -2.50. The van der Waals surface area contributed by atoms with Crippen LogP contribution in [0.5, 0.6) is 0 Å². The molecule has 6 unspecified atom stereocenters. The molecule has 6 atom stereocenters. The second kappa shape index (κ2) is 5.72. The first-order valence-corrected chi connectivity index (χ1v) is 13.0. The fourth-order valence-electron chi connectivity index (χ4n) is 8.20. The van der Waals surface area contributed by atoms with Gasteiger partial charge in [-0.25, -0.2) is 0 Å². The Bertz CT molecular complexity index is 490. The molecule has 0 aromatic rings. The van der Waals surface area contributed by atoms with Crippen LogP contribution in [-0.4, -0.2) is 17.5 Å². The van der Waals surface area contributed by atoms with E-state index in [1.54, 1.807) is 19.0 Å². The lowest BCUT2D eigenvalue weighted by atomic mass is 9.70. The summed E-state index contributed by atoms with van der Waals surface area (Å²) >= 11 is 0. The summed E-state index contributed by atoms with van der Waals surface area (Å²) in [6, 6.07) is 0. The molecule has 0 radical (unpaired) electrons. The van der Waals surface area contributed by atoms with Gasteiger partial charge in [-0.15, -0.1) is 0 Å². The summed E-state index contributed by atoms with van der Waals surface area (Å²) in [4.78, 5) is 0. The van der Waals surface area contributed by atoms with Crippen molar-refractivity contribution in [3.8, 4) is 0 Å². The van der Waals surface area contributed by atoms with E-state index in [-0.39, 0.29) is 7.92 Å². The fraction of sp³-hybridized carbons (Fsp3) is 1.00. The van der Waals surface area contributed by atoms with Gasteiger partial charge in [0.05, 0.1) is 0 Å². The highest BCUT2D eigenvalue weighted by molar-refractivity contribution is 7.59. The van der Waals surface area contributed by atoms with Crippen LogP contribution in [0.25, 0.3) is 0 Å². The smallest absolute Gasteiger partial charge is 0.0144 e. The highest BCUT2D eigenvalue weighted by Gasteiger charge is 2.67. The Morgan fingerprint density at radius 2 is 1.20 bits per heavy atom. The number of hydrogen-bond donors (Lipinski definition) is 0. The summed E-state index contributed by atoms with van der Waals surface area (Å²) in [5, 5.41) is 0. The Kier molecular flexibility index (Phi) is 4.29. The highest BCUT2D eigenvalue weighted by atomic mass is 31.1. The average molecular weight is 363 g/mol. The minimum absolute atomic E-state index is 0.188. The van der Waals surface area contributed by atoms with Gasteiger partial charge < -0.3 is 0 Å². The van der Waals surface area contributed by atoms with Crippen molar-refractivity contribution in [2.45, 2.75) is 111 Å². The first-order valence-electron chi connectivity index (χ1n) is 11.4. The Balaban J connectivity index is 1.67. The van der Waals surface area contributed by atoms with Gasteiger partial charge in [0.1, 0.15) is 0 Å². The molecule has 4 aliphatic carbocycles. The first kappa shape index (κ1) is 18.8. The third-order valence-electron chi connectivity index (χ3n) is 11.1. The van der Waals surface area contributed by atoms with Crippen molar-refractivity contribution in [2.75, 3.05) is 6.16 Å². The van der Waals surface area contributed by atoms with Crippen molar-refractivity contribution < 1.29 is 0 Å². The van der Waals surface area contributed by atoms with Crippen LogP contribution in [0.4, 0.5) is 0 Å². The zero-order valence-electron chi connectivity index (χ0n) is 18.1. The summed E-state index contributed by atoms with van der Waals surface area (Å²) in [6.45, 7) is 18.4. The van der Waals surface area contributed by atoms with Crippen molar-refractivity contribution in [2.24, 2.45) is 33.5 Å². The SMILES string of the molecule is CCCCP(C1CC2CCC1(C)C2(C)C)C1CC2CCC1(C)C2(C)C. The van der Waals surface area contributed by atoms with Gasteiger partial charge >= 0.3 is 0 Å². The summed E-state index contributed by atoms with van der Waals surface area (Å²) in [5.41, 5.74) is 4.61. The van der Waals surface area contributed by atoms with E-state index in [0.29, 0.717) is 21.7 Å². The lowest BCUT2D eigenvalue weighted by molar-refractivity contribution is 0.147. The Morgan fingerprint density at radius 1 is 0.760 bits per heavy atom. The van der Waals surface area contributed by atoms with Crippen LogP contribution in [0, 0.1) is 33.5 Å². The molecule has 0 heterocycles. The Hall–Kier alpha value is 0.430. The van der Waals surface area contributed by atoms with Gasteiger partial charge in [0.2, 0.25) is 0 Å². The molecule has 4 rings (SSSR count). The zero-order valence-corrected chi connectivity index (χ0v) is 19.0. The third-order valence-corrected chi connectivity index (χ3v) is 15.1. The molecule has 0 spiro atoms. The number of unbranched alkanes of at least 4 members (excludes halogenated alkanes) is 1. The van der Waals surface area contributed by atoms with E-state index in [9.17, 15) is 0 Å². The van der Waals surface area contributed by atoms with Gasteiger partial charge in [-0.05, 0) is 95.9 Å². The topological polar surface area (TPSA) is 0 Å². The van der Waals surface area contributed by atoms with Crippen molar-refractivity contribution in [1.29, 1.82) is 0 Å². The molecule has 0 aromatic heterocycles. The molecule has 0 saturated heterocycles. The molecule has 4 saturated carbocycles. The van der Waals surface area contributed by atoms with Gasteiger partial charge in [-0.3, -0.25) is 0 Å². The van der Waals surface area contributed by atoms with Crippen LogP contribution in [0.15, 0.2) is 0 Å². The van der Waals surface area contributed by atoms with Gasteiger partial charge in [-0.2, -0.15) is 0 Å². The van der Waals surface area contributed by atoms with E-state index in [4.69, 9.17) is 0 Å². The van der Waals surface area contributed by atoms with E-state index in [0.717, 1.165) is 23.2 Å². The van der Waals surface area contributed by atoms with Crippen LogP contribution >= 0.6 is 7.92 Å². The van der Waals surface area contributed by atoms with Crippen LogP contribution in [0.2, 0.25) is 0 Å². The molecule has 0 N–H and O–H groups in total. The molecule has 0 aromatic carbocycles. The molecule has 0 amide bonds. The third kappa shape index (κ3) is 2.22. The molecule has 4 fully saturated rings. The summed E-state index contributed by atoms with van der Waals surface area (Å²) in [7, 11) is 0.188. The second-order valence-electron chi connectivity index (χ2n) is 11.8.